The van der Waals surface area contributed by atoms with Crippen LogP contribution in [0.25, 0.3) is 0 Å². The Kier molecular flexibility index (Phi) is 6.42. The van der Waals surface area contributed by atoms with Crippen LogP contribution in [-0.4, -0.2) is 55.9 Å². The maximum Gasteiger partial charge on any atom is 0.244 e. The molecule has 0 unspecified atom stereocenters. The number of amides is 1. The Labute approximate surface area is 197 Å². The summed E-state index contributed by atoms with van der Waals surface area (Å²) in [5.41, 5.74) is 3.45. The molecule has 2 aromatic carbocycles. The van der Waals surface area contributed by atoms with E-state index in [4.69, 9.17) is 21.3 Å². The standard InChI is InChI=1S/C22H24ClN3O4S2/c1-13-6-14(2)8-16(7-13)26(22-25-18-11-32(28,29)12-20(18)31-22)10-21(27)24-17-9-15(23)4-5-19(17)30-3/h4-9,18,20H,10-12H2,1-3H3,(H,24,27)/t18-,20-/m1/s1. The summed E-state index contributed by atoms with van der Waals surface area (Å²) in [5, 5.41) is 3.90. The molecule has 1 amide bonds. The van der Waals surface area contributed by atoms with Crippen LogP contribution in [-0.2, 0) is 14.6 Å². The molecule has 32 heavy (non-hydrogen) atoms. The second kappa shape index (κ2) is 8.96. The van der Waals surface area contributed by atoms with Gasteiger partial charge in [-0.15, -0.1) is 0 Å². The number of hydrogen-bond acceptors (Lipinski definition) is 7. The molecule has 10 heteroatoms. The Morgan fingerprint density at radius 1 is 1.22 bits per heavy atom. The van der Waals surface area contributed by atoms with E-state index in [1.807, 2.05) is 30.9 Å². The van der Waals surface area contributed by atoms with E-state index in [0.29, 0.717) is 21.6 Å². The van der Waals surface area contributed by atoms with Gasteiger partial charge >= 0.3 is 0 Å². The molecular weight excluding hydrogens is 470 g/mol. The first-order valence-electron chi connectivity index (χ1n) is 10.1. The minimum absolute atomic E-state index is 0.0105. The average Bonchev–Trinajstić information content (AvgIpc) is 3.18. The molecule has 170 valence electrons. The number of benzene rings is 2. The van der Waals surface area contributed by atoms with Crippen molar-refractivity contribution in [2.75, 3.05) is 35.4 Å². The minimum atomic E-state index is -3.06. The lowest BCUT2D eigenvalue weighted by Crippen LogP contribution is -2.36. The Bertz CT molecular complexity index is 1180. The second-order valence-electron chi connectivity index (χ2n) is 8.04. The fourth-order valence-corrected chi connectivity index (χ4v) is 7.91. The van der Waals surface area contributed by atoms with Crippen molar-refractivity contribution in [2.45, 2.75) is 25.1 Å². The van der Waals surface area contributed by atoms with E-state index in [1.165, 1.54) is 18.9 Å². The van der Waals surface area contributed by atoms with Crippen molar-refractivity contribution in [1.82, 2.24) is 0 Å². The predicted octanol–water partition coefficient (Wildman–Crippen LogP) is 3.68. The molecule has 0 radical (unpaired) electrons. The van der Waals surface area contributed by atoms with Gasteiger partial charge in [-0.2, -0.15) is 0 Å². The summed E-state index contributed by atoms with van der Waals surface area (Å²) >= 11 is 7.51. The van der Waals surface area contributed by atoms with E-state index in [1.54, 1.807) is 18.2 Å². The molecule has 1 N–H and O–H groups in total. The zero-order chi connectivity index (χ0) is 23.0. The maximum atomic E-state index is 13.0. The van der Waals surface area contributed by atoms with Crippen LogP contribution in [0.5, 0.6) is 5.75 Å². The minimum Gasteiger partial charge on any atom is -0.495 e. The number of carbonyl (C=O) groups excluding carboxylic acids is 1. The summed E-state index contributed by atoms with van der Waals surface area (Å²) in [4.78, 5) is 19.6. The monoisotopic (exact) mass is 493 g/mol. The molecular formula is C22H24ClN3O4S2. The van der Waals surface area contributed by atoms with Crippen molar-refractivity contribution >= 4 is 55.6 Å². The highest BCUT2D eigenvalue weighted by Gasteiger charge is 2.44. The molecule has 0 aromatic heterocycles. The van der Waals surface area contributed by atoms with Gasteiger partial charge in [-0.05, 0) is 55.3 Å². The van der Waals surface area contributed by atoms with Crippen molar-refractivity contribution in [3.05, 3.63) is 52.5 Å². The van der Waals surface area contributed by atoms with Gasteiger partial charge in [0.2, 0.25) is 5.91 Å². The maximum absolute atomic E-state index is 13.0. The predicted molar refractivity (Wildman–Crippen MR) is 131 cm³/mol. The normalized spacial score (nSPS) is 21.1. The highest BCUT2D eigenvalue weighted by Crippen LogP contribution is 2.37. The first kappa shape index (κ1) is 22.9. The van der Waals surface area contributed by atoms with Crippen molar-refractivity contribution in [1.29, 1.82) is 0 Å². The van der Waals surface area contributed by atoms with Crippen LogP contribution in [0.2, 0.25) is 5.02 Å². The molecule has 2 aromatic rings. The number of nitrogens with one attached hydrogen (secondary N) is 1. The lowest BCUT2D eigenvalue weighted by molar-refractivity contribution is -0.114. The van der Waals surface area contributed by atoms with Crippen molar-refractivity contribution in [3.8, 4) is 5.75 Å². The highest BCUT2D eigenvalue weighted by molar-refractivity contribution is 8.15. The van der Waals surface area contributed by atoms with Gasteiger partial charge in [0, 0.05) is 16.0 Å². The molecule has 0 saturated carbocycles. The van der Waals surface area contributed by atoms with Crippen LogP contribution < -0.4 is 15.0 Å². The van der Waals surface area contributed by atoms with Crippen LogP contribution >= 0.6 is 23.4 Å². The van der Waals surface area contributed by atoms with Gasteiger partial charge in [-0.25, -0.2) is 8.42 Å². The van der Waals surface area contributed by atoms with Gasteiger partial charge < -0.3 is 15.0 Å². The summed E-state index contributed by atoms with van der Waals surface area (Å²) in [7, 11) is -1.54. The molecule has 0 bridgehead atoms. The number of halogens is 1. The number of amidine groups is 1. The molecule has 2 aliphatic heterocycles. The van der Waals surface area contributed by atoms with Crippen LogP contribution in [0.3, 0.4) is 0 Å². The zero-order valence-corrected chi connectivity index (χ0v) is 20.4. The number of methoxy groups -OCH3 is 1. The molecule has 7 nitrogen and oxygen atoms in total. The van der Waals surface area contributed by atoms with Crippen LogP contribution in [0, 0.1) is 13.8 Å². The van der Waals surface area contributed by atoms with Gasteiger partial charge in [0.25, 0.3) is 0 Å². The highest BCUT2D eigenvalue weighted by atomic mass is 35.5. The molecule has 0 spiro atoms. The number of sulfone groups is 1. The lowest BCUT2D eigenvalue weighted by atomic mass is 10.1. The summed E-state index contributed by atoms with van der Waals surface area (Å²) in [6.45, 7) is 4.00. The van der Waals surface area contributed by atoms with Crippen molar-refractivity contribution < 1.29 is 17.9 Å². The SMILES string of the molecule is COc1ccc(Cl)cc1NC(=O)CN(C1=N[C@@H]2CS(=O)(=O)C[C@H]2S1)c1cc(C)cc(C)c1. The van der Waals surface area contributed by atoms with Crippen molar-refractivity contribution in [3.63, 3.8) is 0 Å². The lowest BCUT2D eigenvalue weighted by Gasteiger charge is -2.25. The summed E-state index contributed by atoms with van der Waals surface area (Å²) in [6, 6.07) is 10.8. The second-order valence-corrected chi connectivity index (χ2v) is 11.8. The van der Waals surface area contributed by atoms with Gasteiger partial charge in [-0.3, -0.25) is 9.79 Å². The summed E-state index contributed by atoms with van der Waals surface area (Å²) < 4.78 is 29.3. The number of ether oxygens (including phenoxy) is 1. The van der Waals surface area contributed by atoms with E-state index in [-0.39, 0.29) is 35.2 Å². The fourth-order valence-electron chi connectivity index (χ4n) is 3.96. The van der Waals surface area contributed by atoms with Crippen LogP contribution in [0.1, 0.15) is 11.1 Å². The van der Waals surface area contributed by atoms with Gasteiger partial charge in [0.05, 0.1) is 30.3 Å². The first-order valence-corrected chi connectivity index (χ1v) is 13.2. The van der Waals surface area contributed by atoms with E-state index >= 15 is 0 Å². The number of rotatable bonds is 5. The van der Waals surface area contributed by atoms with Crippen LogP contribution in [0.15, 0.2) is 41.4 Å². The first-order chi connectivity index (χ1) is 15.1. The molecule has 1 saturated heterocycles. The quantitative estimate of drug-likeness (QED) is 0.683. The molecule has 4 rings (SSSR count). The molecule has 2 atom stereocenters. The van der Waals surface area contributed by atoms with E-state index in [0.717, 1.165) is 16.8 Å². The van der Waals surface area contributed by atoms with Crippen molar-refractivity contribution in [2.24, 2.45) is 4.99 Å². The Balaban J connectivity index is 1.62. The third kappa shape index (κ3) is 5.05. The Morgan fingerprint density at radius 2 is 1.94 bits per heavy atom. The van der Waals surface area contributed by atoms with Gasteiger partial charge in [-0.1, -0.05) is 29.4 Å². The van der Waals surface area contributed by atoms with Gasteiger partial charge in [0.1, 0.15) is 12.3 Å². The number of carbonyl (C=O) groups is 1. The topological polar surface area (TPSA) is 88.1 Å². The smallest absolute Gasteiger partial charge is 0.244 e. The summed E-state index contributed by atoms with van der Waals surface area (Å²) in [5.74, 6) is 0.411. The third-order valence-electron chi connectivity index (χ3n) is 5.29. The number of thioether (sulfide) groups is 1. The van der Waals surface area contributed by atoms with Gasteiger partial charge in [0.15, 0.2) is 15.0 Å². The zero-order valence-electron chi connectivity index (χ0n) is 18.0. The fraction of sp³-hybridized carbons (Fsp3) is 0.364. The van der Waals surface area contributed by atoms with E-state index in [9.17, 15) is 13.2 Å². The van der Waals surface area contributed by atoms with E-state index < -0.39 is 9.84 Å². The number of fused-ring (bicyclic) bond motifs is 1. The van der Waals surface area contributed by atoms with E-state index in [2.05, 4.69) is 11.4 Å². The summed E-state index contributed by atoms with van der Waals surface area (Å²) in [6.07, 6.45) is 0. The third-order valence-corrected chi connectivity index (χ3v) is 8.77. The average molecular weight is 494 g/mol. The molecule has 1 fully saturated rings. The Morgan fingerprint density at radius 3 is 2.59 bits per heavy atom. The molecule has 2 aliphatic rings. The Hall–Kier alpha value is -2.23. The number of hydrogen-bond donors (Lipinski definition) is 1. The number of aliphatic imine (C=N–C) groups is 1. The number of nitrogens with zero attached hydrogens (tertiary/aromatic N) is 2. The largest absolute Gasteiger partial charge is 0.495 e. The van der Waals surface area contributed by atoms with Crippen LogP contribution in [0.4, 0.5) is 11.4 Å². The molecule has 0 aliphatic carbocycles. The number of anilines is 2. The molecule has 2 heterocycles. The number of aryl methyl sites for hydroxylation is 2.